The zero-order chi connectivity index (χ0) is 10.4. The molecule has 0 saturated carbocycles. The van der Waals surface area contributed by atoms with E-state index < -0.39 is 25.2 Å². The molecule has 0 N–H and O–H groups in total. The minimum atomic E-state index is -2.41. The van der Waals surface area contributed by atoms with Crippen molar-refractivity contribution in [2.75, 3.05) is 0 Å². The van der Waals surface area contributed by atoms with Crippen LogP contribution in [0.25, 0.3) is 0 Å². The molecule has 0 heterocycles. The second kappa shape index (κ2) is 7.84. The van der Waals surface area contributed by atoms with Gasteiger partial charge in [0.15, 0.2) is 0 Å². The molecule has 0 aliphatic rings. The third kappa shape index (κ3) is 9.56. The van der Waals surface area contributed by atoms with Crippen LogP contribution in [-0.4, -0.2) is 54.8 Å². The molecule has 0 aromatic carbocycles. The fraction of sp³-hybridized carbons (Fsp3) is 0.500. The summed E-state index contributed by atoms with van der Waals surface area (Å²) in [6, 6.07) is 0. The maximum absolute atomic E-state index is 10.4. The minimum absolute atomic E-state index is 0. The van der Waals surface area contributed by atoms with Crippen molar-refractivity contribution in [1.82, 2.24) is 0 Å². The van der Waals surface area contributed by atoms with E-state index in [0.717, 1.165) is 20.8 Å². The Balaban J connectivity index is 0. The van der Waals surface area contributed by atoms with Gasteiger partial charge in [-0.15, -0.1) is 0 Å². The van der Waals surface area contributed by atoms with Gasteiger partial charge in [-0.1, -0.05) is 0 Å². The molecule has 1 radical (unpaired) electrons. The van der Waals surface area contributed by atoms with Crippen molar-refractivity contribution >= 4 is 54.8 Å². The van der Waals surface area contributed by atoms with Crippen molar-refractivity contribution in [2.24, 2.45) is 0 Å². The molecule has 0 fully saturated rings. The summed E-state index contributed by atoms with van der Waals surface area (Å²) in [6.45, 7) is 3.35. The van der Waals surface area contributed by atoms with Gasteiger partial charge < -0.3 is 14.0 Å². The number of rotatable bonds is 3. The van der Waals surface area contributed by atoms with E-state index in [0.29, 0.717) is 0 Å². The first-order valence-corrected chi connectivity index (χ1v) is 3.59. The monoisotopic (exact) mass is 212 g/mol. The largest absolute Gasteiger partial charge is 0.625 e. The third-order valence-electron chi connectivity index (χ3n) is 0.963. The Labute approximate surface area is 104 Å². The van der Waals surface area contributed by atoms with Crippen LogP contribution in [-0.2, 0) is 28.3 Å². The molecule has 0 rings (SSSR count). The fourth-order valence-corrected chi connectivity index (χ4v) is 0.586. The Bertz CT molecular complexity index is 192. The first-order valence-electron chi connectivity index (χ1n) is 3.59. The molecule has 0 bridgehead atoms. The van der Waals surface area contributed by atoms with Crippen LogP contribution < -0.4 is 0 Å². The van der Waals surface area contributed by atoms with E-state index in [1.54, 1.807) is 0 Å². The molecule has 14 heavy (non-hydrogen) atoms. The second-order valence-electron chi connectivity index (χ2n) is 2.26. The van der Waals surface area contributed by atoms with E-state index in [-0.39, 0.29) is 29.6 Å². The maximum atomic E-state index is 10.4. The number of hydrogen-bond donors (Lipinski definition) is 0. The molecule has 0 atom stereocenters. The van der Waals surface area contributed by atoms with Crippen molar-refractivity contribution < 1.29 is 28.3 Å². The smallest absolute Gasteiger partial charge is 0.541 e. The van der Waals surface area contributed by atoms with Crippen molar-refractivity contribution in [3.63, 3.8) is 0 Å². The molecule has 0 saturated heterocycles. The zero-order valence-electron chi connectivity index (χ0n) is 8.66. The molecule has 0 aliphatic heterocycles. The van der Waals surface area contributed by atoms with E-state index in [4.69, 9.17) is 0 Å². The van der Waals surface area contributed by atoms with Gasteiger partial charge in [-0.25, -0.2) is 0 Å². The summed E-state index contributed by atoms with van der Waals surface area (Å²) >= 11 is 0. The maximum Gasteiger partial charge on any atom is 0.541 e. The van der Waals surface area contributed by atoms with Crippen molar-refractivity contribution in [3.05, 3.63) is 0 Å². The predicted octanol–water partition coefficient (Wildman–Crippen LogP) is -0.988. The van der Waals surface area contributed by atoms with Gasteiger partial charge in [0.1, 0.15) is 0 Å². The summed E-state index contributed by atoms with van der Waals surface area (Å²) in [5, 5.41) is 0. The van der Waals surface area contributed by atoms with Crippen LogP contribution >= 0.6 is 0 Å². The molecule has 75 valence electrons. The van der Waals surface area contributed by atoms with Crippen LogP contribution in [0.2, 0.25) is 0 Å². The number of carbonyl (C=O) groups excluding carboxylic acids is 3. The van der Waals surface area contributed by atoms with Crippen LogP contribution in [0.15, 0.2) is 0 Å². The van der Waals surface area contributed by atoms with Crippen LogP contribution in [0.5, 0.6) is 0 Å². The molecule has 0 aliphatic carbocycles. The predicted molar refractivity (Wildman–Crippen MR) is 48.2 cm³/mol. The minimum Gasteiger partial charge on any atom is -0.625 e. The Morgan fingerprint density at radius 2 is 1.00 bits per heavy atom. The Morgan fingerprint density at radius 3 is 1.14 bits per heavy atom. The second-order valence-corrected chi connectivity index (χ2v) is 2.26. The summed E-state index contributed by atoms with van der Waals surface area (Å²) in [4.78, 5) is 31.3. The van der Waals surface area contributed by atoms with Crippen LogP contribution in [0, 0.1) is 0 Å². The fourth-order valence-electron chi connectivity index (χ4n) is 0.586. The quantitative estimate of drug-likeness (QED) is 0.559. The van der Waals surface area contributed by atoms with Crippen LogP contribution in [0.1, 0.15) is 20.8 Å². The van der Waals surface area contributed by atoms with Gasteiger partial charge in [0.25, 0.3) is 17.9 Å². The van der Waals surface area contributed by atoms with E-state index in [1.165, 1.54) is 0 Å². The van der Waals surface area contributed by atoms with Gasteiger partial charge in [0, 0.05) is 50.3 Å². The first-order chi connectivity index (χ1) is 5.91. The molecule has 0 amide bonds. The van der Waals surface area contributed by atoms with Gasteiger partial charge in [0.2, 0.25) is 0 Å². The van der Waals surface area contributed by atoms with Gasteiger partial charge in [-0.3, -0.25) is 14.4 Å². The Hall–Kier alpha value is -0.525. The van der Waals surface area contributed by atoms with Gasteiger partial charge in [0.05, 0.1) is 0 Å². The molecular weight excluding hydrogens is 202 g/mol. The van der Waals surface area contributed by atoms with Gasteiger partial charge in [-0.2, -0.15) is 0 Å². The Kier molecular flexibility index (Phi) is 8.92. The molecule has 0 aromatic rings. The molecule has 0 unspecified atom stereocenters. The third-order valence-corrected chi connectivity index (χ3v) is 0.963. The van der Waals surface area contributed by atoms with Crippen LogP contribution in [0.3, 0.4) is 0 Å². The molecule has 0 spiro atoms. The zero-order valence-corrected chi connectivity index (χ0v) is 10.7. The summed E-state index contributed by atoms with van der Waals surface area (Å²) < 4.78 is 13.3. The average Bonchev–Trinajstić information content (AvgIpc) is 1.80. The normalized spacial score (nSPS) is 8.57. The topological polar surface area (TPSA) is 78.9 Å². The molecular formula is C6H10BNaO6-. The first kappa shape index (κ1) is 15.9. The summed E-state index contributed by atoms with van der Waals surface area (Å²) in [5.74, 6) is -2.03. The molecule has 6 nitrogen and oxygen atoms in total. The van der Waals surface area contributed by atoms with Crippen molar-refractivity contribution in [1.29, 1.82) is 0 Å². The SMILES string of the molecule is CC(=O)O[BH-](OC(C)=O)OC(C)=O.[Na]. The van der Waals surface area contributed by atoms with Gasteiger partial charge in [-0.05, 0) is 0 Å². The molecule has 0 aromatic heterocycles. The summed E-state index contributed by atoms with van der Waals surface area (Å²) in [7, 11) is -2.41. The van der Waals surface area contributed by atoms with E-state index >= 15 is 0 Å². The number of hydrogen-bond acceptors (Lipinski definition) is 6. The van der Waals surface area contributed by atoms with Gasteiger partial charge >= 0.3 is 7.32 Å². The van der Waals surface area contributed by atoms with Crippen LogP contribution in [0.4, 0.5) is 0 Å². The van der Waals surface area contributed by atoms with Crippen molar-refractivity contribution in [3.8, 4) is 0 Å². The average molecular weight is 212 g/mol. The number of carbonyl (C=O) groups is 3. The van der Waals surface area contributed by atoms with E-state index in [1.807, 2.05) is 0 Å². The summed E-state index contributed by atoms with van der Waals surface area (Å²) in [5.41, 5.74) is 0. The molecule has 8 heteroatoms. The van der Waals surface area contributed by atoms with E-state index in [2.05, 4.69) is 14.0 Å². The standard InChI is InChI=1S/C6H10BO6.Na/c1-4(8)11-7(12-5(2)9)13-6(3)10;/h7H,1-3H3;/q-1;. The summed E-state index contributed by atoms with van der Waals surface area (Å²) in [6.07, 6.45) is 0. The van der Waals surface area contributed by atoms with Crippen molar-refractivity contribution in [2.45, 2.75) is 20.8 Å². The Morgan fingerprint density at radius 1 is 0.786 bits per heavy atom. The van der Waals surface area contributed by atoms with E-state index in [9.17, 15) is 14.4 Å².